The van der Waals surface area contributed by atoms with E-state index in [4.69, 9.17) is 27.7 Å². The van der Waals surface area contributed by atoms with Gasteiger partial charge in [0, 0.05) is 21.6 Å². The normalized spacial score (nSPS) is 14.9. The Balaban J connectivity index is 2.85. The molecule has 0 aromatic heterocycles. The van der Waals surface area contributed by atoms with E-state index in [2.05, 4.69) is 0 Å². The predicted octanol–water partition coefficient (Wildman–Crippen LogP) is 4.94. The molecular formula is C9H11Cl2O2PS. The Bertz CT molecular complexity index is 377. The molecule has 0 heterocycles. The Morgan fingerprint density at radius 2 is 1.87 bits per heavy atom. The monoisotopic (exact) mass is 284 g/mol. The van der Waals surface area contributed by atoms with Gasteiger partial charge < -0.3 is 4.52 Å². The molecule has 15 heavy (non-hydrogen) atoms. The molecule has 1 unspecified atom stereocenters. The number of rotatable bonds is 4. The quantitative estimate of drug-likeness (QED) is 0.732. The van der Waals surface area contributed by atoms with Gasteiger partial charge in [-0.25, -0.2) is 0 Å². The molecule has 1 atom stereocenters. The average Bonchev–Trinajstić information content (AvgIpc) is 1.99. The summed E-state index contributed by atoms with van der Waals surface area (Å²) in [7, 11) is 0. The lowest BCUT2D eigenvalue weighted by Crippen LogP contribution is -1.84. The van der Waals surface area contributed by atoms with E-state index in [9.17, 15) is 4.57 Å². The van der Waals surface area contributed by atoms with Crippen LogP contribution in [0.15, 0.2) is 23.1 Å². The molecule has 6 heteroatoms. The molecule has 0 aliphatic carbocycles. The maximum absolute atomic E-state index is 11.9. The maximum Gasteiger partial charge on any atom is 0.259 e. The van der Waals surface area contributed by atoms with E-state index in [0.717, 1.165) is 16.3 Å². The van der Waals surface area contributed by atoms with E-state index in [1.54, 1.807) is 24.9 Å². The third kappa shape index (κ3) is 4.80. The molecule has 1 aromatic rings. The second-order valence-electron chi connectivity index (χ2n) is 2.89. The van der Waals surface area contributed by atoms with Crippen molar-refractivity contribution in [3.05, 3.63) is 28.2 Å². The van der Waals surface area contributed by atoms with Crippen LogP contribution in [0.4, 0.5) is 0 Å². The highest BCUT2D eigenvalue weighted by molar-refractivity contribution is 8.56. The van der Waals surface area contributed by atoms with Crippen LogP contribution in [0.2, 0.25) is 10.0 Å². The van der Waals surface area contributed by atoms with E-state index in [1.807, 2.05) is 6.92 Å². The molecule has 1 aromatic carbocycles. The lowest BCUT2D eigenvalue weighted by atomic mass is 10.4. The van der Waals surface area contributed by atoms with Gasteiger partial charge >= 0.3 is 0 Å². The van der Waals surface area contributed by atoms with E-state index < -0.39 is 6.57 Å². The van der Waals surface area contributed by atoms with Gasteiger partial charge in [0.1, 0.15) is 0 Å². The van der Waals surface area contributed by atoms with E-state index in [-0.39, 0.29) is 0 Å². The van der Waals surface area contributed by atoms with Crippen molar-refractivity contribution < 1.29 is 9.09 Å². The van der Waals surface area contributed by atoms with Gasteiger partial charge in [-0.2, -0.15) is 0 Å². The van der Waals surface area contributed by atoms with Crippen LogP contribution in [0.5, 0.6) is 0 Å². The average molecular weight is 285 g/mol. The molecule has 0 bridgehead atoms. The maximum atomic E-state index is 11.9. The van der Waals surface area contributed by atoms with Crippen molar-refractivity contribution in [3.8, 4) is 0 Å². The zero-order valence-electron chi connectivity index (χ0n) is 8.37. The Kier molecular flexibility index (Phi) is 5.01. The van der Waals surface area contributed by atoms with E-state index in [1.165, 1.54) is 0 Å². The molecule has 2 nitrogen and oxygen atoms in total. The summed E-state index contributed by atoms with van der Waals surface area (Å²) in [6.07, 6.45) is 0. The lowest BCUT2D eigenvalue weighted by molar-refractivity contribution is 0.350. The van der Waals surface area contributed by atoms with Crippen LogP contribution in [0, 0.1) is 0 Å². The van der Waals surface area contributed by atoms with Crippen LogP contribution in [0.3, 0.4) is 0 Å². The predicted molar refractivity (Wildman–Crippen MR) is 67.5 cm³/mol. The van der Waals surface area contributed by atoms with Crippen LogP contribution in [0.25, 0.3) is 0 Å². The molecule has 0 fully saturated rings. The fourth-order valence-corrected chi connectivity index (χ4v) is 4.89. The standard InChI is InChI=1S/C9H11Cl2O2PS/c1-3-13-14(2,12)15-9-5-7(10)4-8(11)6-9/h4-6H,3H2,1-2H3. The Labute approximate surface area is 103 Å². The molecule has 0 spiro atoms. The van der Waals surface area contributed by atoms with E-state index in [0.29, 0.717) is 16.7 Å². The van der Waals surface area contributed by atoms with E-state index >= 15 is 0 Å². The minimum Gasteiger partial charge on any atom is -0.321 e. The van der Waals surface area contributed by atoms with Crippen molar-refractivity contribution in [2.45, 2.75) is 11.8 Å². The third-order valence-corrected chi connectivity index (χ3v) is 5.36. The van der Waals surface area contributed by atoms with Crippen LogP contribution in [-0.4, -0.2) is 13.3 Å². The minimum absolute atomic E-state index is 0.426. The molecule has 0 amide bonds. The van der Waals surface area contributed by atoms with Gasteiger partial charge in [-0.05, 0) is 36.5 Å². The van der Waals surface area contributed by atoms with Gasteiger partial charge in [-0.1, -0.05) is 23.2 Å². The van der Waals surface area contributed by atoms with Gasteiger partial charge in [0.2, 0.25) is 0 Å². The molecule has 1 rings (SSSR count). The largest absolute Gasteiger partial charge is 0.321 e. The lowest BCUT2D eigenvalue weighted by Gasteiger charge is -2.11. The van der Waals surface area contributed by atoms with Gasteiger partial charge in [-0.3, -0.25) is 4.57 Å². The summed E-state index contributed by atoms with van der Waals surface area (Å²) in [5.41, 5.74) is 0. The number of benzene rings is 1. The summed E-state index contributed by atoms with van der Waals surface area (Å²) in [5.74, 6) is 0. The van der Waals surface area contributed by atoms with Crippen molar-refractivity contribution >= 4 is 41.2 Å². The summed E-state index contributed by atoms with van der Waals surface area (Å²) in [6.45, 7) is 1.16. The first-order chi connectivity index (χ1) is 6.93. The molecule has 0 saturated heterocycles. The summed E-state index contributed by atoms with van der Waals surface area (Å²) in [6, 6.07) is 5.06. The number of hydrogen-bond donors (Lipinski definition) is 0. The highest BCUT2D eigenvalue weighted by Crippen LogP contribution is 2.59. The minimum atomic E-state index is -2.65. The van der Waals surface area contributed by atoms with Crippen molar-refractivity contribution in [1.82, 2.24) is 0 Å². The Morgan fingerprint density at radius 3 is 2.33 bits per heavy atom. The number of halogens is 2. The molecule has 0 radical (unpaired) electrons. The topological polar surface area (TPSA) is 26.3 Å². The van der Waals surface area contributed by atoms with Crippen LogP contribution < -0.4 is 0 Å². The highest BCUT2D eigenvalue weighted by atomic mass is 35.5. The SMILES string of the molecule is CCOP(C)(=O)Sc1cc(Cl)cc(Cl)c1. The fraction of sp³-hybridized carbons (Fsp3) is 0.333. The Morgan fingerprint density at radius 1 is 1.33 bits per heavy atom. The van der Waals surface area contributed by atoms with Crippen molar-refractivity contribution in [3.63, 3.8) is 0 Å². The van der Waals surface area contributed by atoms with Crippen molar-refractivity contribution in [2.24, 2.45) is 0 Å². The fourth-order valence-electron chi connectivity index (χ4n) is 1.03. The first-order valence-corrected chi connectivity index (χ1v) is 8.55. The first kappa shape index (κ1) is 13.4. The molecule has 0 saturated carbocycles. The van der Waals surface area contributed by atoms with Crippen molar-refractivity contribution in [1.29, 1.82) is 0 Å². The van der Waals surface area contributed by atoms with Crippen molar-refractivity contribution in [2.75, 3.05) is 13.3 Å². The molecule has 84 valence electrons. The zero-order chi connectivity index (χ0) is 11.5. The third-order valence-electron chi connectivity index (χ3n) is 1.47. The second-order valence-corrected chi connectivity index (χ2v) is 8.75. The number of hydrogen-bond acceptors (Lipinski definition) is 3. The zero-order valence-corrected chi connectivity index (χ0v) is 11.6. The first-order valence-electron chi connectivity index (χ1n) is 4.30. The summed E-state index contributed by atoms with van der Waals surface area (Å²) in [5, 5.41) is 1.06. The summed E-state index contributed by atoms with van der Waals surface area (Å²) in [4.78, 5) is 0.756. The van der Waals surface area contributed by atoms with Gasteiger partial charge in [0.05, 0.1) is 6.61 Å². The smallest absolute Gasteiger partial charge is 0.259 e. The summed E-state index contributed by atoms with van der Waals surface area (Å²) >= 11 is 12.8. The molecule has 0 aliphatic rings. The van der Waals surface area contributed by atoms with Gasteiger partial charge in [0.15, 0.2) is 0 Å². The highest BCUT2D eigenvalue weighted by Gasteiger charge is 2.17. The molecular weight excluding hydrogens is 274 g/mol. The van der Waals surface area contributed by atoms with Crippen LogP contribution in [-0.2, 0) is 9.09 Å². The molecule has 0 aliphatic heterocycles. The molecule has 0 N–H and O–H groups in total. The van der Waals surface area contributed by atoms with Gasteiger partial charge in [-0.15, -0.1) is 0 Å². The van der Waals surface area contributed by atoms with Gasteiger partial charge in [0.25, 0.3) is 6.57 Å². The summed E-state index contributed by atoms with van der Waals surface area (Å²) < 4.78 is 17.0. The second kappa shape index (κ2) is 5.60. The van der Waals surface area contributed by atoms with Crippen LogP contribution in [0.1, 0.15) is 6.92 Å². The van der Waals surface area contributed by atoms with Crippen LogP contribution >= 0.6 is 41.2 Å². The Hall–Kier alpha value is 0.340.